The summed E-state index contributed by atoms with van der Waals surface area (Å²) in [6, 6.07) is 17.9. The number of carbonyl (C=O) groups excluding carboxylic acids is 3. The molecular weight excluding hydrogens is 683 g/mol. The lowest BCUT2D eigenvalue weighted by atomic mass is 10.1. The summed E-state index contributed by atoms with van der Waals surface area (Å²) in [5, 5.41) is 15.3. The fourth-order valence-corrected chi connectivity index (χ4v) is 5.16. The molecular formula is C33H24F7N3O5S. The molecule has 0 saturated carbocycles. The van der Waals surface area contributed by atoms with Crippen molar-refractivity contribution in [1.82, 2.24) is 5.32 Å². The minimum atomic E-state index is -5.75. The summed E-state index contributed by atoms with van der Waals surface area (Å²) < 4.78 is 101. The van der Waals surface area contributed by atoms with Crippen LogP contribution in [0.4, 0.5) is 42.1 Å². The summed E-state index contributed by atoms with van der Waals surface area (Å²) >= 11 is 0.765. The van der Waals surface area contributed by atoms with Crippen molar-refractivity contribution in [1.29, 1.82) is 0 Å². The molecule has 0 spiro atoms. The van der Waals surface area contributed by atoms with Crippen molar-refractivity contribution in [3.8, 4) is 11.5 Å². The molecule has 4 aromatic rings. The number of anilines is 2. The van der Waals surface area contributed by atoms with E-state index in [0.29, 0.717) is 10.5 Å². The number of aromatic hydroxyl groups is 1. The van der Waals surface area contributed by atoms with E-state index in [4.69, 9.17) is 4.74 Å². The van der Waals surface area contributed by atoms with Crippen LogP contribution in [0.3, 0.4) is 0 Å². The number of hydrogen-bond donors (Lipinski definition) is 4. The lowest BCUT2D eigenvalue weighted by Crippen LogP contribution is -2.30. The Labute approximate surface area is 278 Å². The predicted octanol–water partition coefficient (Wildman–Crippen LogP) is 7.50. The van der Waals surface area contributed by atoms with Gasteiger partial charge in [-0.3, -0.25) is 14.4 Å². The van der Waals surface area contributed by atoms with Gasteiger partial charge in [-0.1, -0.05) is 24.3 Å². The first-order chi connectivity index (χ1) is 23.1. The number of rotatable bonds is 10. The Kier molecular flexibility index (Phi) is 11.2. The molecule has 0 saturated heterocycles. The average molecular weight is 708 g/mol. The molecule has 0 radical (unpaired) electrons. The van der Waals surface area contributed by atoms with Gasteiger partial charge in [-0.25, -0.2) is 17.6 Å². The minimum Gasteiger partial charge on any atom is -0.508 e. The second kappa shape index (κ2) is 15.1. The zero-order chi connectivity index (χ0) is 36.0. The third-order valence-corrected chi connectivity index (χ3v) is 7.71. The molecule has 4 rings (SSSR count). The quantitative estimate of drug-likeness (QED) is 0.0587. The van der Waals surface area contributed by atoms with E-state index in [9.17, 15) is 50.2 Å². The molecule has 1 atom stereocenters. The molecule has 4 N–H and O–H groups in total. The number of alkyl halides is 3. The van der Waals surface area contributed by atoms with Crippen LogP contribution < -0.4 is 20.7 Å². The van der Waals surface area contributed by atoms with Crippen LogP contribution in [-0.4, -0.2) is 35.2 Å². The van der Waals surface area contributed by atoms with Crippen LogP contribution in [0.15, 0.2) is 83.4 Å². The van der Waals surface area contributed by atoms with Gasteiger partial charge in [0, 0.05) is 27.8 Å². The van der Waals surface area contributed by atoms with E-state index in [1.54, 1.807) is 23.5 Å². The normalized spacial score (nSPS) is 12.2. The number of nitrogens with one attached hydrogen (secondary N) is 3. The molecule has 0 fully saturated rings. The zero-order valence-electron chi connectivity index (χ0n) is 25.2. The summed E-state index contributed by atoms with van der Waals surface area (Å²) in [7, 11) is 1.34. The Hall–Kier alpha value is -5.51. The summed E-state index contributed by atoms with van der Waals surface area (Å²) in [6.45, 7) is 1.24. The van der Waals surface area contributed by atoms with Crippen LogP contribution in [0.1, 0.15) is 28.4 Å². The van der Waals surface area contributed by atoms with Crippen molar-refractivity contribution >= 4 is 46.9 Å². The van der Waals surface area contributed by atoms with Crippen LogP contribution in [-0.2, 0) is 15.8 Å². The number of carbonyl (C=O) groups is 3. The maximum Gasteiger partial charge on any atom is 0.422 e. The van der Waals surface area contributed by atoms with Crippen LogP contribution in [0.2, 0.25) is 0 Å². The maximum absolute atomic E-state index is 14.3. The Morgan fingerprint density at radius 1 is 0.857 bits per heavy atom. The fourth-order valence-electron chi connectivity index (χ4n) is 4.24. The average Bonchev–Trinajstić information content (AvgIpc) is 3.05. The molecule has 8 nitrogen and oxygen atoms in total. The van der Waals surface area contributed by atoms with E-state index in [1.165, 1.54) is 74.7 Å². The van der Waals surface area contributed by atoms with Crippen molar-refractivity contribution in [3.63, 3.8) is 0 Å². The highest BCUT2D eigenvalue weighted by Crippen LogP contribution is 2.39. The lowest BCUT2D eigenvalue weighted by molar-refractivity contribution is -0.143. The molecule has 49 heavy (non-hydrogen) atoms. The van der Waals surface area contributed by atoms with Gasteiger partial charge in [-0.05, 0) is 55.5 Å². The molecule has 0 bridgehead atoms. The van der Waals surface area contributed by atoms with Crippen LogP contribution in [0.5, 0.6) is 11.5 Å². The van der Waals surface area contributed by atoms with E-state index in [-0.39, 0.29) is 28.4 Å². The van der Waals surface area contributed by atoms with Gasteiger partial charge < -0.3 is 25.8 Å². The Morgan fingerprint density at radius 2 is 1.51 bits per heavy atom. The van der Waals surface area contributed by atoms with E-state index >= 15 is 0 Å². The smallest absolute Gasteiger partial charge is 0.422 e. The molecule has 0 aliphatic carbocycles. The van der Waals surface area contributed by atoms with Gasteiger partial charge in [0.2, 0.25) is 5.91 Å². The van der Waals surface area contributed by atoms with E-state index in [0.717, 1.165) is 11.8 Å². The molecule has 0 aliphatic heterocycles. The van der Waals surface area contributed by atoms with Gasteiger partial charge in [-0.15, -0.1) is 11.8 Å². The largest absolute Gasteiger partial charge is 0.508 e. The predicted molar refractivity (Wildman–Crippen MR) is 167 cm³/mol. The Morgan fingerprint density at radius 3 is 2.12 bits per heavy atom. The van der Waals surface area contributed by atoms with Crippen molar-refractivity contribution in [2.45, 2.75) is 23.2 Å². The van der Waals surface area contributed by atoms with Gasteiger partial charge in [0.1, 0.15) is 28.4 Å². The molecule has 256 valence electrons. The standard InChI is InChI=1S/C33H24F7N3O5S/c1-16(30(45)43-29-27(36)25(34)24(33(38,39)40)26(35)28(29)37)49-21-10-6-9-19(14-21)41-32(47)22(42-31(46)17-7-4-3-5-8-17)13-18-11-12-20(44)15-23(18)48-2/h3-16,44H,1-2H3,(H,41,47)(H,42,46)(H,43,45)/b22-13+. The number of halogens is 7. The fraction of sp³-hybridized carbons (Fsp3) is 0.121. The van der Waals surface area contributed by atoms with Crippen LogP contribution in [0, 0.1) is 23.3 Å². The number of amides is 3. The SMILES string of the molecule is COc1cc(O)ccc1/C=C(/NC(=O)c1ccccc1)C(=O)Nc1cccc(SC(C)C(=O)Nc2c(F)c(F)c(C(F)(F)F)c(F)c2F)c1. The number of methoxy groups -OCH3 is 1. The highest BCUT2D eigenvalue weighted by atomic mass is 32.2. The number of thioether (sulfide) groups is 1. The Balaban J connectivity index is 1.54. The van der Waals surface area contributed by atoms with Crippen LogP contribution >= 0.6 is 11.8 Å². The number of phenols is 1. The van der Waals surface area contributed by atoms with Gasteiger partial charge in [0.05, 0.1) is 12.4 Å². The zero-order valence-corrected chi connectivity index (χ0v) is 26.0. The molecule has 0 heterocycles. The summed E-state index contributed by atoms with van der Waals surface area (Å²) in [4.78, 5) is 39.3. The van der Waals surface area contributed by atoms with Crippen molar-refractivity contribution in [2.75, 3.05) is 17.7 Å². The van der Waals surface area contributed by atoms with Crippen LogP contribution in [0.25, 0.3) is 6.08 Å². The number of phenolic OH excluding ortho intramolecular Hbond substituents is 1. The second-order valence-electron chi connectivity index (χ2n) is 10.0. The monoisotopic (exact) mass is 707 g/mol. The van der Waals surface area contributed by atoms with E-state index in [1.807, 2.05) is 0 Å². The van der Waals surface area contributed by atoms with Gasteiger partial charge in [0.15, 0.2) is 23.3 Å². The summed E-state index contributed by atoms with van der Waals surface area (Å²) in [5.41, 5.74) is -4.02. The number of benzene rings is 4. The van der Waals surface area contributed by atoms with Gasteiger partial charge in [0.25, 0.3) is 11.8 Å². The summed E-state index contributed by atoms with van der Waals surface area (Å²) in [5.74, 6) is -12.9. The second-order valence-corrected chi connectivity index (χ2v) is 11.5. The third kappa shape index (κ3) is 8.70. The van der Waals surface area contributed by atoms with E-state index < -0.39 is 63.7 Å². The topological polar surface area (TPSA) is 117 Å². The molecule has 16 heteroatoms. The van der Waals surface area contributed by atoms with Gasteiger partial charge in [-0.2, -0.15) is 13.2 Å². The number of ether oxygens (including phenoxy) is 1. The highest BCUT2D eigenvalue weighted by Gasteiger charge is 2.42. The highest BCUT2D eigenvalue weighted by molar-refractivity contribution is 8.00. The van der Waals surface area contributed by atoms with Gasteiger partial charge >= 0.3 is 6.18 Å². The molecule has 0 aliphatic rings. The maximum atomic E-state index is 14.3. The molecule has 4 aromatic carbocycles. The number of hydrogen-bond acceptors (Lipinski definition) is 6. The molecule has 0 aromatic heterocycles. The first kappa shape index (κ1) is 36.3. The van der Waals surface area contributed by atoms with Crippen molar-refractivity contribution in [2.24, 2.45) is 0 Å². The van der Waals surface area contributed by atoms with Crippen molar-refractivity contribution in [3.05, 3.63) is 118 Å². The molecule has 3 amide bonds. The minimum absolute atomic E-state index is 0.112. The Bertz CT molecular complexity index is 1910. The van der Waals surface area contributed by atoms with E-state index in [2.05, 4.69) is 10.6 Å². The molecule has 1 unspecified atom stereocenters. The lowest BCUT2D eigenvalue weighted by Gasteiger charge is -2.17. The summed E-state index contributed by atoms with van der Waals surface area (Å²) in [6.07, 6.45) is -4.44. The first-order valence-corrected chi connectivity index (χ1v) is 14.8. The third-order valence-electron chi connectivity index (χ3n) is 6.61. The first-order valence-electron chi connectivity index (χ1n) is 13.9. The van der Waals surface area contributed by atoms with Crippen molar-refractivity contribution < 1.29 is 55.0 Å².